The lowest BCUT2D eigenvalue weighted by atomic mass is 10.2. The fourth-order valence-corrected chi connectivity index (χ4v) is 1.24. The second kappa shape index (κ2) is 4.36. The first kappa shape index (κ1) is 10.2. The molecule has 1 unspecified atom stereocenters. The summed E-state index contributed by atoms with van der Waals surface area (Å²) in [6.45, 7) is 3.35. The molecule has 1 atom stereocenters. The Morgan fingerprint density at radius 2 is 2.38 bits per heavy atom. The van der Waals surface area contributed by atoms with Crippen LogP contribution in [0.5, 0.6) is 0 Å². The fourth-order valence-electron chi connectivity index (χ4n) is 0.976. The van der Waals surface area contributed by atoms with Crippen LogP contribution in [-0.2, 0) is 11.2 Å². The van der Waals surface area contributed by atoms with E-state index in [0.717, 1.165) is 0 Å². The smallest absolute Gasteiger partial charge is 0.284 e. The molecule has 0 radical (unpaired) electrons. The minimum Gasteiger partial charge on any atom is -0.416 e. The molecule has 72 valence electrons. The van der Waals surface area contributed by atoms with Crippen LogP contribution in [0.3, 0.4) is 0 Å². The first-order valence-electron chi connectivity index (χ1n) is 3.83. The van der Waals surface area contributed by atoms with Gasteiger partial charge in [-0.15, -0.1) is 10.2 Å². The summed E-state index contributed by atoms with van der Waals surface area (Å²) in [6.07, 6.45) is 0.540. The van der Waals surface area contributed by atoms with Crippen LogP contribution in [0.1, 0.15) is 19.7 Å². The SMILES string of the molecule is CC(=O)NC(C)Cc1nnc(Br)o1. The van der Waals surface area contributed by atoms with Gasteiger partial charge in [-0.2, -0.15) is 0 Å². The van der Waals surface area contributed by atoms with Crippen LogP contribution in [-0.4, -0.2) is 22.1 Å². The molecule has 0 bridgehead atoms. The normalized spacial score (nSPS) is 12.5. The molecule has 1 aromatic rings. The Morgan fingerprint density at radius 1 is 1.69 bits per heavy atom. The topological polar surface area (TPSA) is 68.0 Å². The molecule has 1 aromatic heterocycles. The number of nitrogens with zero attached hydrogens (tertiary/aromatic N) is 2. The molecule has 0 aliphatic carbocycles. The summed E-state index contributed by atoms with van der Waals surface area (Å²) >= 11 is 3.05. The van der Waals surface area contributed by atoms with Gasteiger partial charge >= 0.3 is 0 Å². The first-order valence-corrected chi connectivity index (χ1v) is 4.62. The molecule has 13 heavy (non-hydrogen) atoms. The van der Waals surface area contributed by atoms with Crippen molar-refractivity contribution in [1.82, 2.24) is 15.5 Å². The summed E-state index contributed by atoms with van der Waals surface area (Å²) < 4.78 is 5.08. The number of hydrogen-bond donors (Lipinski definition) is 1. The average Bonchev–Trinajstić information content (AvgIpc) is 2.33. The van der Waals surface area contributed by atoms with Gasteiger partial charge in [0.1, 0.15) is 0 Å². The van der Waals surface area contributed by atoms with Crippen LogP contribution >= 0.6 is 15.9 Å². The summed E-state index contributed by atoms with van der Waals surface area (Å²) in [6, 6.07) is 0.00449. The zero-order chi connectivity index (χ0) is 9.84. The van der Waals surface area contributed by atoms with Gasteiger partial charge in [-0.25, -0.2) is 0 Å². The first-order chi connectivity index (χ1) is 6.08. The van der Waals surface area contributed by atoms with Gasteiger partial charge in [0.05, 0.1) is 0 Å². The lowest BCUT2D eigenvalue weighted by Gasteiger charge is -2.08. The van der Waals surface area contributed by atoms with Crippen molar-refractivity contribution >= 4 is 21.8 Å². The third-order valence-electron chi connectivity index (χ3n) is 1.37. The van der Waals surface area contributed by atoms with Crippen molar-refractivity contribution in [3.63, 3.8) is 0 Å². The third-order valence-corrected chi connectivity index (χ3v) is 1.69. The molecule has 0 fully saturated rings. The number of aromatic nitrogens is 2. The molecule has 0 saturated heterocycles. The van der Waals surface area contributed by atoms with Gasteiger partial charge in [0.15, 0.2) is 0 Å². The van der Waals surface area contributed by atoms with E-state index in [1.807, 2.05) is 6.92 Å². The van der Waals surface area contributed by atoms with E-state index >= 15 is 0 Å². The third kappa shape index (κ3) is 3.54. The second-order valence-corrected chi connectivity index (χ2v) is 3.43. The molecular formula is C7H10BrN3O2. The van der Waals surface area contributed by atoms with E-state index in [9.17, 15) is 4.79 Å². The summed E-state index contributed by atoms with van der Waals surface area (Å²) in [7, 11) is 0. The Labute approximate surface area is 84.0 Å². The van der Waals surface area contributed by atoms with E-state index in [4.69, 9.17) is 4.42 Å². The molecule has 1 heterocycles. The number of halogens is 1. The molecule has 6 heteroatoms. The lowest BCUT2D eigenvalue weighted by molar-refractivity contribution is -0.119. The highest BCUT2D eigenvalue weighted by molar-refractivity contribution is 9.10. The Morgan fingerprint density at radius 3 is 2.85 bits per heavy atom. The van der Waals surface area contributed by atoms with E-state index in [2.05, 4.69) is 31.4 Å². The van der Waals surface area contributed by atoms with E-state index < -0.39 is 0 Å². The van der Waals surface area contributed by atoms with Gasteiger partial charge in [-0.1, -0.05) is 0 Å². The van der Waals surface area contributed by atoms with Crippen molar-refractivity contribution in [2.45, 2.75) is 26.3 Å². The molecule has 0 saturated carbocycles. The van der Waals surface area contributed by atoms with Gasteiger partial charge in [0, 0.05) is 35.3 Å². The van der Waals surface area contributed by atoms with E-state index in [0.29, 0.717) is 17.1 Å². The molecule has 0 aromatic carbocycles. The highest BCUT2D eigenvalue weighted by Crippen LogP contribution is 2.08. The number of rotatable bonds is 3. The fraction of sp³-hybridized carbons (Fsp3) is 0.571. The summed E-state index contributed by atoms with van der Waals surface area (Å²) in [4.78, 5) is 11.0. The molecule has 0 aliphatic rings. The van der Waals surface area contributed by atoms with Crippen molar-refractivity contribution in [1.29, 1.82) is 0 Å². The molecule has 5 nitrogen and oxygen atoms in total. The second-order valence-electron chi connectivity index (χ2n) is 2.75. The number of carbonyl (C=O) groups is 1. The number of hydrogen-bond acceptors (Lipinski definition) is 4. The van der Waals surface area contributed by atoms with Crippen LogP contribution < -0.4 is 5.32 Å². The Bertz CT molecular complexity index is 300. The quantitative estimate of drug-likeness (QED) is 0.862. The Kier molecular flexibility index (Phi) is 3.41. The number of carbonyl (C=O) groups excluding carboxylic acids is 1. The molecule has 0 spiro atoms. The Hall–Kier alpha value is -0.910. The molecule has 1 rings (SSSR count). The standard InChI is InChI=1S/C7H10BrN3O2/c1-4(9-5(2)12)3-6-10-11-7(8)13-6/h4H,3H2,1-2H3,(H,9,12). The molecule has 1 N–H and O–H groups in total. The zero-order valence-corrected chi connectivity index (χ0v) is 8.96. The van der Waals surface area contributed by atoms with Crippen molar-refractivity contribution < 1.29 is 9.21 Å². The summed E-state index contributed by atoms with van der Waals surface area (Å²) in [5.74, 6) is 0.444. The number of nitrogens with one attached hydrogen (secondary N) is 1. The van der Waals surface area contributed by atoms with Gasteiger partial charge in [-0.3, -0.25) is 4.79 Å². The molecular weight excluding hydrogens is 238 g/mol. The van der Waals surface area contributed by atoms with E-state index in [-0.39, 0.29) is 11.9 Å². The molecule has 0 aliphatic heterocycles. The van der Waals surface area contributed by atoms with Gasteiger partial charge in [-0.05, 0) is 6.92 Å². The van der Waals surface area contributed by atoms with E-state index in [1.165, 1.54) is 6.92 Å². The van der Waals surface area contributed by atoms with Gasteiger partial charge in [0.25, 0.3) is 4.80 Å². The maximum atomic E-state index is 10.7. The monoisotopic (exact) mass is 247 g/mol. The van der Waals surface area contributed by atoms with Gasteiger partial charge in [0.2, 0.25) is 11.8 Å². The lowest BCUT2D eigenvalue weighted by Crippen LogP contribution is -2.32. The van der Waals surface area contributed by atoms with Gasteiger partial charge < -0.3 is 9.73 Å². The predicted octanol–water partition coefficient (Wildman–Crippen LogP) is 0.899. The summed E-state index contributed by atoms with van der Waals surface area (Å²) in [5, 5.41) is 10.1. The van der Waals surface area contributed by atoms with Crippen molar-refractivity contribution in [3.05, 3.63) is 10.7 Å². The zero-order valence-electron chi connectivity index (χ0n) is 7.37. The largest absolute Gasteiger partial charge is 0.416 e. The minimum absolute atomic E-state index is 0.00449. The van der Waals surface area contributed by atoms with Crippen LogP contribution in [0.4, 0.5) is 0 Å². The average molecular weight is 248 g/mol. The maximum Gasteiger partial charge on any atom is 0.284 e. The maximum absolute atomic E-state index is 10.7. The minimum atomic E-state index is -0.0638. The predicted molar refractivity (Wildman–Crippen MR) is 49.0 cm³/mol. The van der Waals surface area contributed by atoms with E-state index in [1.54, 1.807) is 0 Å². The summed E-state index contributed by atoms with van der Waals surface area (Å²) in [5.41, 5.74) is 0. The van der Waals surface area contributed by atoms with Crippen molar-refractivity contribution in [2.24, 2.45) is 0 Å². The van der Waals surface area contributed by atoms with Crippen LogP contribution in [0.25, 0.3) is 0 Å². The highest BCUT2D eigenvalue weighted by Gasteiger charge is 2.09. The van der Waals surface area contributed by atoms with Crippen molar-refractivity contribution in [3.8, 4) is 0 Å². The van der Waals surface area contributed by atoms with Crippen LogP contribution in [0.15, 0.2) is 9.22 Å². The Balaban J connectivity index is 2.44. The number of amides is 1. The molecule has 1 amide bonds. The van der Waals surface area contributed by atoms with Crippen LogP contribution in [0.2, 0.25) is 0 Å². The van der Waals surface area contributed by atoms with Crippen LogP contribution in [0, 0.1) is 0 Å². The van der Waals surface area contributed by atoms with Crippen molar-refractivity contribution in [2.75, 3.05) is 0 Å². The highest BCUT2D eigenvalue weighted by atomic mass is 79.9.